The minimum absolute atomic E-state index is 0.230. The summed E-state index contributed by atoms with van der Waals surface area (Å²) in [5.74, 6) is -0.399. The second kappa shape index (κ2) is 8.22. The van der Waals surface area contributed by atoms with Gasteiger partial charge in [0.25, 0.3) is 0 Å². The van der Waals surface area contributed by atoms with Crippen LogP contribution in [-0.2, 0) is 17.4 Å². The number of thiazole rings is 1. The van der Waals surface area contributed by atoms with Crippen LogP contribution in [0.4, 0.5) is 24.7 Å². The van der Waals surface area contributed by atoms with E-state index in [2.05, 4.69) is 4.98 Å². The molecule has 0 amide bonds. The van der Waals surface area contributed by atoms with Gasteiger partial charge in [-0.3, -0.25) is 4.79 Å². The molecule has 0 aliphatic carbocycles. The lowest BCUT2D eigenvalue weighted by atomic mass is 10.1. The quantitative estimate of drug-likeness (QED) is 0.610. The summed E-state index contributed by atoms with van der Waals surface area (Å²) in [5, 5.41) is 11.3. The number of aromatic nitrogens is 1. The van der Waals surface area contributed by atoms with E-state index in [0.29, 0.717) is 16.4 Å². The van der Waals surface area contributed by atoms with Gasteiger partial charge in [-0.25, -0.2) is 4.98 Å². The topological polar surface area (TPSA) is 79.5 Å². The van der Waals surface area contributed by atoms with E-state index in [0.717, 1.165) is 23.4 Å². The summed E-state index contributed by atoms with van der Waals surface area (Å²) in [5.41, 5.74) is 7.10. The molecule has 0 saturated carbocycles. The molecule has 3 N–H and O–H groups in total. The average Bonchev–Trinajstić information content (AvgIpc) is 3.17. The summed E-state index contributed by atoms with van der Waals surface area (Å²) >= 11 is 1.34. The monoisotopic (exact) mass is 421 g/mol. The number of nitrogens with two attached hydrogens (primary N) is 1. The minimum atomic E-state index is -4.37. The molecule has 29 heavy (non-hydrogen) atoms. The number of carboxylic acid groups (broad SMARTS) is 1. The molecule has 3 rings (SSSR count). The highest BCUT2D eigenvalue weighted by atomic mass is 32.1. The van der Waals surface area contributed by atoms with Crippen LogP contribution >= 0.6 is 11.3 Å². The largest absolute Gasteiger partial charge is 0.480 e. The Bertz CT molecular complexity index is 985. The van der Waals surface area contributed by atoms with Crippen LogP contribution in [0.1, 0.15) is 11.1 Å². The van der Waals surface area contributed by atoms with Crippen molar-refractivity contribution in [3.05, 3.63) is 65.0 Å². The van der Waals surface area contributed by atoms with Crippen molar-refractivity contribution in [1.29, 1.82) is 0 Å². The number of carboxylic acids is 1. The second-order valence-corrected chi connectivity index (χ2v) is 7.32. The van der Waals surface area contributed by atoms with Crippen LogP contribution in [0.25, 0.3) is 10.6 Å². The van der Waals surface area contributed by atoms with Gasteiger partial charge in [0.05, 0.1) is 5.56 Å². The van der Waals surface area contributed by atoms with Gasteiger partial charge in [0, 0.05) is 23.7 Å². The van der Waals surface area contributed by atoms with Gasteiger partial charge in [-0.1, -0.05) is 24.3 Å². The molecule has 0 saturated heterocycles. The third-order valence-corrected chi connectivity index (χ3v) is 5.27. The third-order valence-electron chi connectivity index (χ3n) is 4.39. The van der Waals surface area contributed by atoms with Gasteiger partial charge in [0.1, 0.15) is 16.9 Å². The lowest BCUT2D eigenvalue weighted by Crippen LogP contribution is -2.32. The number of hydrogen-bond donors (Lipinski definition) is 2. The Labute approximate surface area is 169 Å². The lowest BCUT2D eigenvalue weighted by Gasteiger charge is -2.17. The molecule has 1 aromatic heterocycles. The van der Waals surface area contributed by atoms with Crippen molar-refractivity contribution in [1.82, 2.24) is 4.98 Å². The summed E-state index contributed by atoms with van der Waals surface area (Å²) in [6, 6.07) is 11.2. The number of hydrogen-bond acceptors (Lipinski definition) is 5. The van der Waals surface area contributed by atoms with E-state index in [-0.39, 0.29) is 6.42 Å². The fourth-order valence-corrected chi connectivity index (χ4v) is 3.53. The van der Waals surface area contributed by atoms with Crippen LogP contribution < -0.4 is 10.6 Å². The van der Waals surface area contributed by atoms with Crippen molar-refractivity contribution in [2.75, 3.05) is 11.9 Å². The van der Waals surface area contributed by atoms with Crippen LogP contribution in [0, 0.1) is 0 Å². The van der Waals surface area contributed by atoms with Crippen LogP contribution in [0.15, 0.2) is 53.9 Å². The average molecular weight is 421 g/mol. The van der Waals surface area contributed by atoms with E-state index in [9.17, 15) is 18.0 Å². The van der Waals surface area contributed by atoms with E-state index < -0.39 is 23.8 Å². The van der Waals surface area contributed by atoms with Crippen LogP contribution in [-0.4, -0.2) is 29.1 Å². The summed E-state index contributed by atoms with van der Waals surface area (Å²) in [6.45, 7) is 0. The van der Waals surface area contributed by atoms with E-state index in [1.807, 2.05) is 29.5 Å². The molecule has 0 aliphatic heterocycles. The van der Waals surface area contributed by atoms with Gasteiger partial charge >= 0.3 is 12.1 Å². The van der Waals surface area contributed by atoms with Crippen molar-refractivity contribution in [2.24, 2.45) is 5.73 Å². The predicted molar refractivity (Wildman–Crippen MR) is 106 cm³/mol. The number of carbonyl (C=O) groups is 1. The van der Waals surface area contributed by atoms with Crippen molar-refractivity contribution in [2.45, 2.75) is 18.6 Å². The van der Waals surface area contributed by atoms with Gasteiger partial charge in [-0.15, -0.1) is 11.3 Å². The maximum absolute atomic E-state index is 12.7. The number of anilines is 2. The Morgan fingerprint density at radius 1 is 1.17 bits per heavy atom. The van der Waals surface area contributed by atoms with Crippen molar-refractivity contribution >= 4 is 28.8 Å². The number of benzene rings is 2. The molecule has 0 aliphatic rings. The van der Waals surface area contributed by atoms with Gasteiger partial charge in [-0.05, 0) is 36.2 Å². The third kappa shape index (κ3) is 4.93. The highest BCUT2D eigenvalue weighted by Crippen LogP contribution is 2.34. The Morgan fingerprint density at radius 2 is 1.79 bits per heavy atom. The van der Waals surface area contributed by atoms with Crippen LogP contribution in [0.5, 0.6) is 0 Å². The van der Waals surface area contributed by atoms with Gasteiger partial charge in [0.2, 0.25) is 0 Å². The van der Waals surface area contributed by atoms with Crippen molar-refractivity contribution in [3.8, 4) is 10.6 Å². The maximum atomic E-state index is 12.7. The molecule has 2 aromatic carbocycles. The molecule has 0 bridgehead atoms. The normalized spacial score (nSPS) is 12.6. The second-order valence-electron chi connectivity index (χ2n) is 6.46. The Kier molecular flexibility index (Phi) is 5.90. The Hall–Kier alpha value is -2.91. The number of nitrogens with zero attached hydrogens (tertiary/aromatic N) is 2. The molecule has 0 spiro atoms. The van der Waals surface area contributed by atoms with E-state index in [4.69, 9.17) is 10.8 Å². The molecule has 1 atom stereocenters. The molecular weight excluding hydrogens is 403 g/mol. The van der Waals surface area contributed by atoms with Crippen molar-refractivity contribution in [3.63, 3.8) is 0 Å². The molecule has 5 nitrogen and oxygen atoms in total. The predicted octanol–water partition coefficient (Wildman–Crippen LogP) is 4.55. The molecular formula is C20H18F3N3O2S. The van der Waals surface area contributed by atoms with Gasteiger partial charge in [-0.2, -0.15) is 13.2 Å². The van der Waals surface area contributed by atoms with E-state index in [1.165, 1.54) is 23.5 Å². The zero-order chi connectivity index (χ0) is 21.2. The molecule has 3 aromatic rings. The molecule has 0 unspecified atom stereocenters. The van der Waals surface area contributed by atoms with Crippen molar-refractivity contribution < 1.29 is 23.1 Å². The summed E-state index contributed by atoms with van der Waals surface area (Å²) in [7, 11) is 1.82. The van der Waals surface area contributed by atoms with Gasteiger partial charge in [0.15, 0.2) is 0 Å². The van der Waals surface area contributed by atoms with Crippen LogP contribution in [0.3, 0.4) is 0 Å². The highest BCUT2D eigenvalue weighted by Gasteiger charge is 2.30. The number of aliphatic carboxylic acids is 1. The first-order chi connectivity index (χ1) is 13.6. The molecule has 0 radical (unpaired) electrons. The fraction of sp³-hybridized carbons (Fsp3) is 0.200. The summed E-state index contributed by atoms with van der Waals surface area (Å²) in [4.78, 5) is 17.2. The summed E-state index contributed by atoms with van der Waals surface area (Å²) in [6.07, 6.45) is -4.14. The zero-order valence-electron chi connectivity index (χ0n) is 15.3. The Morgan fingerprint density at radius 3 is 2.34 bits per heavy atom. The molecule has 0 fully saturated rings. The molecule has 152 valence electrons. The highest BCUT2D eigenvalue weighted by molar-refractivity contribution is 7.13. The van der Waals surface area contributed by atoms with E-state index >= 15 is 0 Å². The van der Waals surface area contributed by atoms with E-state index in [1.54, 1.807) is 12.1 Å². The SMILES string of the molecule is CN(c1ccc(C[C@H](N)C(=O)O)cc1)c1csc(-c2ccc(C(F)(F)F)cc2)n1. The number of alkyl halides is 3. The molecule has 9 heteroatoms. The lowest BCUT2D eigenvalue weighted by molar-refractivity contribution is -0.139. The minimum Gasteiger partial charge on any atom is -0.480 e. The van der Waals surface area contributed by atoms with Crippen LogP contribution in [0.2, 0.25) is 0 Å². The number of rotatable bonds is 6. The first-order valence-electron chi connectivity index (χ1n) is 8.59. The smallest absolute Gasteiger partial charge is 0.416 e. The van der Waals surface area contributed by atoms with Gasteiger partial charge < -0.3 is 15.7 Å². The first-order valence-corrected chi connectivity index (χ1v) is 9.47. The standard InChI is InChI=1S/C20H18F3N3O2S/c1-26(15-8-2-12(3-9-15)10-16(24)19(27)28)17-11-29-18(25-17)13-4-6-14(7-5-13)20(21,22)23/h2-9,11,16H,10,24H2,1H3,(H,27,28)/t16-/m0/s1. The number of halogens is 3. The maximum Gasteiger partial charge on any atom is 0.416 e. The fourth-order valence-electron chi connectivity index (χ4n) is 2.68. The molecule has 1 heterocycles. The Balaban J connectivity index is 1.73. The first kappa shape index (κ1) is 20.8. The zero-order valence-corrected chi connectivity index (χ0v) is 16.2. The summed E-state index contributed by atoms with van der Waals surface area (Å²) < 4.78 is 38.1.